The number of hydrogen-bond donors (Lipinski definition) is 1. The zero-order valence-corrected chi connectivity index (χ0v) is 8.48. The Labute approximate surface area is 90.1 Å². The molecule has 0 saturated heterocycles. The van der Waals surface area contributed by atoms with Gasteiger partial charge in [-0.1, -0.05) is 5.21 Å². The molecular formula is C10H9F2N3O. The zero-order chi connectivity index (χ0) is 11.7. The third-order valence-electron chi connectivity index (χ3n) is 2.23. The first kappa shape index (κ1) is 10.7. The summed E-state index contributed by atoms with van der Waals surface area (Å²) in [6.07, 6.45) is 0. The van der Waals surface area contributed by atoms with E-state index in [0.717, 1.165) is 18.2 Å². The van der Waals surface area contributed by atoms with Crippen molar-refractivity contribution in [3.05, 3.63) is 41.2 Å². The highest BCUT2D eigenvalue weighted by Gasteiger charge is 2.10. The molecule has 4 nitrogen and oxygen atoms in total. The lowest BCUT2D eigenvalue weighted by molar-refractivity contribution is 0.276. The minimum Gasteiger partial charge on any atom is -0.390 e. The molecule has 2 rings (SSSR count). The number of halogens is 2. The first-order valence-electron chi connectivity index (χ1n) is 4.60. The molecule has 0 spiro atoms. The number of hydrogen-bond acceptors (Lipinski definition) is 3. The monoisotopic (exact) mass is 225 g/mol. The Kier molecular flexibility index (Phi) is 2.66. The van der Waals surface area contributed by atoms with Crippen LogP contribution in [0.4, 0.5) is 8.78 Å². The molecule has 0 unspecified atom stereocenters. The van der Waals surface area contributed by atoms with Gasteiger partial charge in [-0.3, -0.25) is 0 Å². The van der Waals surface area contributed by atoms with E-state index in [-0.39, 0.29) is 12.3 Å². The summed E-state index contributed by atoms with van der Waals surface area (Å²) in [5.41, 5.74) is 1.17. The van der Waals surface area contributed by atoms with E-state index >= 15 is 0 Å². The van der Waals surface area contributed by atoms with E-state index in [9.17, 15) is 8.78 Å². The normalized spacial score (nSPS) is 10.8. The maximum Gasteiger partial charge on any atom is 0.128 e. The molecule has 0 atom stereocenters. The molecule has 1 aromatic carbocycles. The summed E-state index contributed by atoms with van der Waals surface area (Å²) in [6, 6.07) is 3.07. The minimum atomic E-state index is -0.685. The van der Waals surface area contributed by atoms with E-state index in [0.29, 0.717) is 11.4 Å². The quantitative estimate of drug-likeness (QED) is 0.839. The lowest BCUT2D eigenvalue weighted by Gasteiger charge is -2.03. The van der Waals surface area contributed by atoms with Gasteiger partial charge >= 0.3 is 0 Å². The molecule has 0 amide bonds. The van der Waals surface area contributed by atoms with Crippen LogP contribution in [0.25, 0.3) is 5.69 Å². The molecule has 0 fully saturated rings. The summed E-state index contributed by atoms with van der Waals surface area (Å²) in [6.45, 7) is 1.40. The van der Waals surface area contributed by atoms with Crippen molar-refractivity contribution in [3.8, 4) is 5.69 Å². The number of aromatic nitrogens is 3. The molecular weight excluding hydrogens is 216 g/mol. The summed E-state index contributed by atoms with van der Waals surface area (Å²) >= 11 is 0. The number of aliphatic hydroxyl groups is 1. The van der Waals surface area contributed by atoms with E-state index < -0.39 is 11.6 Å². The van der Waals surface area contributed by atoms with Crippen molar-refractivity contribution in [3.63, 3.8) is 0 Å². The van der Waals surface area contributed by atoms with Crippen molar-refractivity contribution >= 4 is 0 Å². The van der Waals surface area contributed by atoms with Gasteiger partial charge in [0, 0.05) is 6.07 Å². The maximum atomic E-state index is 13.0. The molecule has 0 aliphatic rings. The van der Waals surface area contributed by atoms with Crippen LogP contribution >= 0.6 is 0 Å². The molecule has 2 aromatic rings. The van der Waals surface area contributed by atoms with Crippen LogP contribution in [0.5, 0.6) is 0 Å². The van der Waals surface area contributed by atoms with Gasteiger partial charge in [-0.15, -0.1) is 5.10 Å². The molecule has 1 N–H and O–H groups in total. The summed E-state index contributed by atoms with van der Waals surface area (Å²) in [5, 5.41) is 16.3. The largest absolute Gasteiger partial charge is 0.390 e. The molecule has 0 radical (unpaired) electrons. The second-order valence-corrected chi connectivity index (χ2v) is 3.32. The molecule has 84 valence electrons. The fourth-order valence-corrected chi connectivity index (χ4v) is 1.41. The van der Waals surface area contributed by atoms with Crippen molar-refractivity contribution in [1.82, 2.24) is 15.0 Å². The summed E-state index contributed by atoms with van der Waals surface area (Å²) in [7, 11) is 0. The van der Waals surface area contributed by atoms with Crippen LogP contribution in [0, 0.1) is 18.6 Å². The van der Waals surface area contributed by atoms with Crippen LogP contribution in [0.1, 0.15) is 11.4 Å². The number of rotatable bonds is 2. The Hall–Kier alpha value is -1.82. The van der Waals surface area contributed by atoms with Gasteiger partial charge < -0.3 is 5.11 Å². The van der Waals surface area contributed by atoms with E-state index in [2.05, 4.69) is 10.3 Å². The van der Waals surface area contributed by atoms with E-state index in [4.69, 9.17) is 5.11 Å². The molecule has 6 heteroatoms. The Bertz CT molecular complexity index is 505. The van der Waals surface area contributed by atoms with Gasteiger partial charge in [-0.05, 0) is 19.1 Å². The third kappa shape index (κ3) is 1.79. The number of aliphatic hydroxyl groups excluding tert-OH is 1. The van der Waals surface area contributed by atoms with Crippen LogP contribution in [0.15, 0.2) is 18.2 Å². The molecule has 0 saturated carbocycles. The highest BCUT2D eigenvalue weighted by Crippen LogP contribution is 2.15. The van der Waals surface area contributed by atoms with Crippen molar-refractivity contribution in [1.29, 1.82) is 0 Å². The molecule has 0 aliphatic heterocycles. The third-order valence-corrected chi connectivity index (χ3v) is 2.23. The van der Waals surface area contributed by atoms with Gasteiger partial charge in [0.2, 0.25) is 0 Å². The van der Waals surface area contributed by atoms with Crippen LogP contribution in [0.2, 0.25) is 0 Å². The lowest BCUT2D eigenvalue weighted by Crippen LogP contribution is -2.01. The summed E-state index contributed by atoms with van der Waals surface area (Å²) in [4.78, 5) is 0. The molecule has 1 aromatic heterocycles. The highest BCUT2D eigenvalue weighted by atomic mass is 19.1. The predicted molar refractivity (Wildman–Crippen MR) is 51.9 cm³/mol. The fraction of sp³-hybridized carbons (Fsp3) is 0.200. The van der Waals surface area contributed by atoms with Crippen molar-refractivity contribution in [2.45, 2.75) is 13.5 Å². The lowest BCUT2D eigenvalue weighted by atomic mass is 10.3. The molecule has 16 heavy (non-hydrogen) atoms. The maximum absolute atomic E-state index is 13.0. The smallest absolute Gasteiger partial charge is 0.128 e. The Morgan fingerprint density at radius 1 is 1.25 bits per heavy atom. The SMILES string of the molecule is Cc1c(CO)nnn1-c1cc(F)cc(F)c1. The summed E-state index contributed by atoms with van der Waals surface area (Å²) < 4.78 is 27.2. The number of nitrogens with zero attached hydrogens (tertiary/aromatic N) is 3. The second-order valence-electron chi connectivity index (χ2n) is 3.32. The average molecular weight is 225 g/mol. The van der Waals surface area contributed by atoms with Crippen molar-refractivity contribution in [2.75, 3.05) is 0 Å². The van der Waals surface area contributed by atoms with Crippen LogP contribution < -0.4 is 0 Å². The standard InChI is InChI=1S/C10H9F2N3O/c1-6-10(5-16)13-14-15(6)9-3-7(11)2-8(12)4-9/h2-4,16H,5H2,1H3. The fourth-order valence-electron chi connectivity index (χ4n) is 1.41. The average Bonchev–Trinajstić information content (AvgIpc) is 2.58. The van der Waals surface area contributed by atoms with E-state index in [1.807, 2.05) is 0 Å². The predicted octanol–water partition coefficient (Wildman–Crippen LogP) is 1.35. The van der Waals surface area contributed by atoms with Gasteiger partial charge in [0.05, 0.1) is 18.0 Å². The second kappa shape index (κ2) is 3.97. The van der Waals surface area contributed by atoms with E-state index in [1.54, 1.807) is 6.92 Å². The number of benzene rings is 1. The van der Waals surface area contributed by atoms with Gasteiger partial charge in [-0.25, -0.2) is 13.5 Å². The zero-order valence-electron chi connectivity index (χ0n) is 8.48. The van der Waals surface area contributed by atoms with Crippen molar-refractivity contribution < 1.29 is 13.9 Å². The van der Waals surface area contributed by atoms with E-state index in [1.165, 1.54) is 4.68 Å². The topological polar surface area (TPSA) is 50.9 Å². The van der Waals surface area contributed by atoms with Crippen LogP contribution in [-0.2, 0) is 6.61 Å². The van der Waals surface area contributed by atoms with Gasteiger partial charge in [-0.2, -0.15) is 0 Å². The van der Waals surface area contributed by atoms with Crippen molar-refractivity contribution in [2.24, 2.45) is 0 Å². The Morgan fingerprint density at radius 3 is 2.38 bits per heavy atom. The van der Waals surface area contributed by atoms with Crippen LogP contribution in [-0.4, -0.2) is 20.1 Å². The molecule has 0 bridgehead atoms. The Balaban J connectivity index is 2.54. The van der Waals surface area contributed by atoms with Crippen LogP contribution in [0.3, 0.4) is 0 Å². The first-order chi connectivity index (χ1) is 7.61. The van der Waals surface area contributed by atoms with Gasteiger partial charge in [0.25, 0.3) is 0 Å². The first-order valence-corrected chi connectivity index (χ1v) is 4.60. The Morgan fingerprint density at radius 2 is 1.88 bits per heavy atom. The van der Waals surface area contributed by atoms with Gasteiger partial charge in [0.15, 0.2) is 0 Å². The van der Waals surface area contributed by atoms with Gasteiger partial charge in [0.1, 0.15) is 17.3 Å². The molecule has 0 aliphatic carbocycles. The highest BCUT2D eigenvalue weighted by molar-refractivity contribution is 5.34. The minimum absolute atomic E-state index is 0.238. The molecule has 1 heterocycles. The summed E-state index contributed by atoms with van der Waals surface area (Å²) in [5.74, 6) is -1.37.